The van der Waals surface area contributed by atoms with Crippen LogP contribution in [0.5, 0.6) is 0 Å². The smallest absolute Gasteiger partial charge is 0.231 e. The third kappa shape index (κ3) is 3.65. The first-order valence-corrected chi connectivity index (χ1v) is 9.82. The van der Waals surface area contributed by atoms with Crippen LogP contribution in [-0.2, 0) is 11.2 Å². The number of hydrogen-bond donors (Lipinski definition) is 1. The molecule has 3 heteroatoms. The van der Waals surface area contributed by atoms with E-state index >= 15 is 0 Å². The second kappa shape index (κ2) is 7.51. The predicted molar refractivity (Wildman–Crippen MR) is 116 cm³/mol. The highest BCUT2D eigenvalue weighted by Crippen LogP contribution is 2.30. The van der Waals surface area contributed by atoms with Crippen molar-refractivity contribution in [2.75, 3.05) is 5.32 Å². The quantitative estimate of drug-likeness (QED) is 0.433. The van der Waals surface area contributed by atoms with Crippen molar-refractivity contribution in [1.82, 2.24) is 0 Å². The van der Waals surface area contributed by atoms with Crippen molar-refractivity contribution < 1.29 is 9.21 Å². The molecule has 0 aliphatic carbocycles. The normalized spacial score (nSPS) is 12.6. The second-order valence-corrected chi connectivity index (χ2v) is 7.86. The van der Waals surface area contributed by atoms with Gasteiger partial charge in [0, 0.05) is 22.5 Å². The molecule has 0 spiro atoms. The first kappa shape index (κ1) is 18.3. The topological polar surface area (TPSA) is 42.2 Å². The summed E-state index contributed by atoms with van der Waals surface area (Å²) < 4.78 is 5.91. The van der Waals surface area contributed by atoms with Gasteiger partial charge in [-0.3, -0.25) is 4.79 Å². The Labute approximate surface area is 165 Å². The van der Waals surface area contributed by atoms with Gasteiger partial charge >= 0.3 is 0 Å². The number of fused-ring (bicyclic) bond motifs is 3. The molecule has 0 aliphatic heterocycles. The van der Waals surface area contributed by atoms with Crippen LogP contribution in [0.15, 0.2) is 71.1 Å². The summed E-state index contributed by atoms with van der Waals surface area (Å²) in [5.41, 5.74) is 4.72. The van der Waals surface area contributed by atoms with Gasteiger partial charge < -0.3 is 9.73 Å². The van der Waals surface area contributed by atoms with Crippen molar-refractivity contribution in [1.29, 1.82) is 0 Å². The van der Waals surface area contributed by atoms with Gasteiger partial charge in [0.05, 0.1) is 5.92 Å². The molecule has 3 nitrogen and oxygen atoms in total. The first-order chi connectivity index (χ1) is 13.5. The number of hydrogen-bond acceptors (Lipinski definition) is 2. The van der Waals surface area contributed by atoms with E-state index in [-0.39, 0.29) is 11.8 Å². The molecule has 142 valence electrons. The number of benzene rings is 3. The van der Waals surface area contributed by atoms with E-state index in [2.05, 4.69) is 43.4 Å². The van der Waals surface area contributed by atoms with E-state index in [9.17, 15) is 4.79 Å². The lowest BCUT2D eigenvalue weighted by molar-refractivity contribution is -0.117. The van der Waals surface area contributed by atoms with Crippen LogP contribution >= 0.6 is 0 Å². The molecule has 0 radical (unpaired) electrons. The summed E-state index contributed by atoms with van der Waals surface area (Å²) >= 11 is 0. The third-order valence-corrected chi connectivity index (χ3v) is 5.16. The van der Waals surface area contributed by atoms with Crippen molar-refractivity contribution in [2.45, 2.75) is 33.1 Å². The summed E-state index contributed by atoms with van der Waals surface area (Å²) in [6, 6.07) is 22.2. The minimum absolute atomic E-state index is 0.0212. The number of nitrogens with one attached hydrogen (secondary N) is 1. The lowest BCUT2D eigenvalue weighted by Gasteiger charge is -2.14. The maximum absolute atomic E-state index is 12.7. The molecule has 4 rings (SSSR count). The zero-order valence-corrected chi connectivity index (χ0v) is 16.5. The van der Waals surface area contributed by atoms with Crippen LogP contribution in [0.1, 0.15) is 37.8 Å². The van der Waals surface area contributed by atoms with Crippen LogP contribution in [0.25, 0.3) is 21.9 Å². The van der Waals surface area contributed by atoms with E-state index < -0.39 is 0 Å². The number of amides is 1. The van der Waals surface area contributed by atoms with E-state index in [4.69, 9.17) is 4.42 Å². The van der Waals surface area contributed by atoms with Crippen LogP contribution in [0.2, 0.25) is 0 Å². The average Bonchev–Trinajstić information content (AvgIpc) is 3.05. The summed E-state index contributed by atoms with van der Waals surface area (Å²) in [6.07, 6.45) is 1.05. The molecule has 1 N–H and O–H groups in total. The second-order valence-electron chi connectivity index (χ2n) is 7.86. The minimum Gasteiger partial charge on any atom is -0.456 e. The number of furan rings is 1. The number of rotatable bonds is 5. The fraction of sp³-hybridized carbons (Fsp3) is 0.240. The lowest BCUT2D eigenvalue weighted by atomic mass is 9.96. The van der Waals surface area contributed by atoms with E-state index in [1.807, 2.05) is 49.4 Å². The predicted octanol–water partition coefficient (Wildman–Crippen LogP) is 6.53. The first-order valence-electron chi connectivity index (χ1n) is 9.82. The van der Waals surface area contributed by atoms with Crippen LogP contribution in [0.3, 0.4) is 0 Å². The maximum Gasteiger partial charge on any atom is 0.231 e. The molecule has 0 saturated carbocycles. The Morgan fingerprint density at radius 1 is 0.893 bits per heavy atom. The highest BCUT2D eigenvalue weighted by atomic mass is 16.3. The molecule has 3 aromatic carbocycles. The third-order valence-electron chi connectivity index (χ3n) is 5.16. The zero-order valence-electron chi connectivity index (χ0n) is 16.5. The zero-order chi connectivity index (χ0) is 19.7. The standard InChI is InChI=1S/C25H25NO2/c1-16(2)14-18-8-10-19(11-9-18)17(3)25(27)26-20-12-13-22-21-6-4-5-7-23(21)28-24(22)15-20/h4-13,15-17H,14H2,1-3H3,(H,26,27). The van der Waals surface area contributed by atoms with Gasteiger partial charge in [-0.2, -0.15) is 0 Å². The van der Waals surface area contributed by atoms with Crippen molar-refractivity contribution >= 4 is 33.5 Å². The van der Waals surface area contributed by atoms with E-state index in [0.29, 0.717) is 5.92 Å². The van der Waals surface area contributed by atoms with Crippen molar-refractivity contribution in [3.8, 4) is 0 Å². The van der Waals surface area contributed by atoms with Gasteiger partial charge in [0.1, 0.15) is 11.2 Å². The lowest BCUT2D eigenvalue weighted by Crippen LogP contribution is -2.18. The highest BCUT2D eigenvalue weighted by Gasteiger charge is 2.16. The van der Waals surface area contributed by atoms with Crippen molar-refractivity contribution in [3.63, 3.8) is 0 Å². The van der Waals surface area contributed by atoms with Crippen molar-refractivity contribution in [3.05, 3.63) is 77.9 Å². The van der Waals surface area contributed by atoms with Gasteiger partial charge in [-0.25, -0.2) is 0 Å². The summed E-state index contributed by atoms with van der Waals surface area (Å²) in [5.74, 6) is 0.381. The Bertz CT molecular complexity index is 1120. The maximum atomic E-state index is 12.7. The Balaban J connectivity index is 1.51. The van der Waals surface area contributed by atoms with Gasteiger partial charge in [-0.05, 0) is 48.6 Å². The van der Waals surface area contributed by atoms with Crippen LogP contribution in [0, 0.1) is 5.92 Å². The Kier molecular flexibility index (Phi) is 4.91. The number of carbonyl (C=O) groups is 1. The highest BCUT2D eigenvalue weighted by molar-refractivity contribution is 6.06. The Morgan fingerprint density at radius 3 is 2.36 bits per heavy atom. The fourth-order valence-corrected chi connectivity index (χ4v) is 3.62. The summed E-state index contributed by atoms with van der Waals surface area (Å²) in [7, 11) is 0. The van der Waals surface area contributed by atoms with E-state index in [1.54, 1.807) is 0 Å². The number of anilines is 1. The van der Waals surface area contributed by atoms with Gasteiger partial charge in [0.25, 0.3) is 0 Å². The summed E-state index contributed by atoms with van der Waals surface area (Å²) in [4.78, 5) is 12.7. The van der Waals surface area contributed by atoms with E-state index in [0.717, 1.165) is 39.6 Å². The molecule has 0 bridgehead atoms. The molecule has 1 atom stereocenters. The monoisotopic (exact) mass is 371 g/mol. The molecule has 1 aromatic heterocycles. The minimum atomic E-state index is -0.223. The molecule has 1 heterocycles. The molecule has 0 saturated heterocycles. The summed E-state index contributed by atoms with van der Waals surface area (Å²) in [5, 5.41) is 5.17. The van der Waals surface area contributed by atoms with Crippen LogP contribution < -0.4 is 5.32 Å². The van der Waals surface area contributed by atoms with Crippen LogP contribution in [-0.4, -0.2) is 5.91 Å². The van der Waals surface area contributed by atoms with Crippen molar-refractivity contribution in [2.24, 2.45) is 5.92 Å². The van der Waals surface area contributed by atoms with Gasteiger partial charge in [0.2, 0.25) is 5.91 Å². The molecule has 28 heavy (non-hydrogen) atoms. The number of carbonyl (C=O) groups excluding carboxylic acids is 1. The van der Waals surface area contributed by atoms with Gasteiger partial charge in [-0.1, -0.05) is 56.3 Å². The Morgan fingerprint density at radius 2 is 1.61 bits per heavy atom. The largest absolute Gasteiger partial charge is 0.456 e. The molecule has 1 amide bonds. The molecule has 1 unspecified atom stereocenters. The summed E-state index contributed by atoms with van der Waals surface area (Å²) in [6.45, 7) is 6.36. The Hall–Kier alpha value is -3.07. The van der Waals surface area contributed by atoms with Crippen LogP contribution in [0.4, 0.5) is 5.69 Å². The fourth-order valence-electron chi connectivity index (χ4n) is 3.62. The average molecular weight is 371 g/mol. The molecule has 4 aromatic rings. The van der Waals surface area contributed by atoms with Gasteiger partial charge in [0.15, 0.2) is 0 Å². The SMILES string of the molecule is CC(C)Cc1ccc(C(C)C(=O)Nc2ccc3c(c2)oc2ccccc23)cc1. The number of para-hydroxylation sites is 1. The van der Waals surface area contributed by atoms with Gasteiger partial charge in [-0.15, -0.1) is 0 Å². The molecular weight excluding hydrogens is 346 g/mol. The molecule has 0 aliphatic rings. The molecular formula is C25H25NO2. The molecule has 0 fully saturated rings. The van der Waals surface area contributed by atoms with E-state index in [1.165, 1.54) is 5.56 Å².